The monoisotopic (exact) mass is 221 g/mol. The topological polar surface area (TPSA) is 30.7 Å². The van der Waals surface area contributed by atoms with E-state index in [9.17, 15) is 0 Å². The molecule has 15 heavy (non-hydrogen) atoms. The van der Waals surface area contributed by atoms with E-state index in [1.165, 1.54) is 5.56 Å². The molecule has 0 spiro atoms. The second-order valence-corrected chi connectivity index (χ2v) is 3.77. The first kappa shape index (κ1) is 10.2. The summed E-state index contributed by atoms with van der Waals surface area (Å²) in [6.45, 7) is 2.06. The summed E-state index contributed by atoms with van der Waals surface area (Å²) in [4.78, 5) is 0. The standard InChI is InChI=1S/C11H12ClN3/c1-8-3-5-9(6-4-8)11-14-13-10(7-12)15(11)2/h3-6H,7H2,1-2H3. The highest BCUT2D eigenvalue weighted by Crippen LogP contribution is 2.18. The van der Waals surface area contributed by atoms with Crippen LogP contribution in [0.1, 0.15) is 11.4 Å². The van der Waals surface area contributed by atoms with Crippen LogP contribution in [-0.4, -0.2) is 14.8 Å². The summed E-state index contributed by atoms with van der Waals surface area (Å²) < 4.78 is 1.91. The van der Waals surface area contributed by atoms with E-state index in [2.05, 4.69) is 29.3 Å². The number of halogens is 1. The molecule has 0 bridgehead atoms. The van der Waals surface area contributed by atoms with Crippen LogP contribution in [0.3, 0.4) is 0 Å². The number of benzene rings is 1. The molecule has 2 aromatic rings. The fourth-order valence-corrected chi connectivity index (χ4v) is 1.66. The Morgan fingerprint density at radius 1 is 1.20 bits per heavy atom. The first-order valence-electron chi connectivity index (χ1n) is 4.73. The molecule has 0 N–H and O–H groups in total. The number of hydrogen-bond acceptors (Lipinski definition) is 2. The van der Waals surface area contributed by atoms with E-state index in [0.717, 1.165) is 17.2 Å². The van der Waals surface area contributed by atoms with Crippen LogP contribution in [0.2, 0.25) is 0 Å². The maximum absolute atomic E-state index is 5.73. The summed E-state index contributed by atoms with van der Waals surface area (Å²) in [5, 5.41) is 8.13. The van der Waals surface area contributed by atoms with E-state index in [-0.39, 0.29) is 0 Å². The number of rotatable bonds is 2. The molecule has 0 atom stereocenters. The zero-order valence-electron chi connectivity index (χ0n) is 8.74. The van der Waals surface area contributed by atoms with Crippen molar-refractivity contribution in [3.8, 4) is 11.4 Å². The normalized spacial score (nSPS) is 10.6. The van der Waals surface area contributed by atoms with Gasteiger partial charge in [0, 0.05) is 12.6 Å². The van der Waals surface area contributed by atoms with Crippen LogP contribution in [0.4, 0.5) is 0 Å². The summed E-state index contributed by atoms with van der Waals surface area (Å²) in [6, 6.07) is 8.20. The van der Waals surface area contributed by atoms with Gasteiger partial charge in [-0.1, -0.05) is 29.8 Å². The van der Waals surface area contributed by atoms with Crippen molar-refractivity contribution in [1.29, 1.82) is 0 Å². The molecule has 0 aliphatic rings. The van der Waals surface area contributed by atoms with Crippen molar-refractivity contribution in [1.82, 2.24) is 14.8 Å². The molecule has 4 heteroatoms. The maximum atomic E-state index is 5.73. The lowest BCUT2D eigenvalue weighted by Crippen LogP contribution is -1.97. The average Bonchev–Trinajstić information content (AvgIpc) is 2.61. The zero-order valence-corrected chi connectivity index (χ0v) is 9.49. The minimum atomic E-state index is 0.384. The van der Waals surface area contributed by atoms with E-state index >= 15 is 0 Å². The Balaban J connectivity index is 2.45. The summed E-state index contributed by atoms with van der Waals surface area (Å²) in [5.41, 5.74) is 2.30. The fraction of sp³-hybridized carbons (Fsp3) is 0.273. The Hall–Kier alpha value is -1.35. The van der Waals surface area contributed by atoms with Gasteiger partial charge in [0.05, 0.1) is 5.88 Å². The van der Waals surface area contributed by atoms with Gasteiger partial charge in [-0.25, -0.2) is 0 Å². The lowest BCUT2D eigenvalue weighted by atomic mass is 10.1. The summed E-state index contributed by atoms with van der Waals surface area (Å²) in [5.74, 6) is 2.02. The Kier molecular flexibility index (Phi) is 2.73. The molecule has 0 saturated heterocycles. The maximum Gasteiger partial charge on any atom is 0.163 e. The Labute approximate surface area is 93.7 Å². The molecule has 78 valence electrons. The van der Waals surface area contributed by atoms with Crippen LogP contribution >= 0.6 is 11.6 Å². The SMILES string of the molecule is Cc1ccc(-c2nnc(CCl)n2C)cc1. The van der Waals surface area contributed by atoms with Gasteiger partial charge in [0.25, 0.3) is 0 Å². The van der Waals surface area contributed by atoms with Gasteiger partial charge in [0.1, 0.15) is 5.82 Å². The first-order chi connectivity index (χ1) is 7.22. The van der Waals surface area contributed by atoms with E-state index in [1.54, 1.807) is 0 Å². The quantitative estimate of drug-likeness (QED) is 0.730. The predicted octanol–water partition coefficient (Wildman–Crippen LogP) is 2.53. The van der Waals surface area contributed by atoms with Crippen molar-refractivity contribution >= 4 is 11.6 Å². The molecule has 0 saturated carbocycles. The molecule has 0 unspecified atom stereocenters. The third-order valence-corrected chi connectivity index (χ3v) is 2.63. The molecule has 0 aliphatic heterocycles. The number of alkyl halides is 1. The fourth-order valence-electron chi connectivity index (χ4n) is 1.43. The number of aryl methyl sites for hydroxylation is 1. The van der Waals surface area contributed by atoms with E-state index in [4.69, 9.17) is 11.6 Å². The third kappa shape index (κ3) is 1.88. The lowest BCUT2D eigenvalue weighted by molar-refractivity contribution is 0.853. The minimum Gasteiger partial charge on any atom is -0.313 e. The highest BCUT2D eigenvalue weighted by molar-refractivity contribution is 6.16. The van der Waals surface area contributed by atoms with Gasteiger partial charge in [0.15, 0.2) is 5.82 Å². The molecule has 0 radical (unpaired) electrons. The van der Waals surface area contributed by atoms with Crippen LogP contribution in [0.15, 0.2) is 24.3 Å². The minimum absolute atomic E-state index is 0.384. The van der Waals surface area contributed by atoms with E-state index < -0.39 is 0 Å². The van der Waals surface area contributed by atoms with Gasteiger partial charge in [-0.2, -0.15) is 0 Å². The summed E-state index contributed by atoms with van der Waals surface area (Å²) >= 11 is 5.73. The molecular weight excluding hydrogens is 210 g/mol. The van der Waals surface area contributed by atoms with Crippen LogP contribution in [0, 0.1) is 6.92 Å². The van der Waals surface area contributed by atoms with E-state index in [0.29, 0.717) is 5.88 Å². The van der Waals surface area contributed by atoms with Crippen LogP contribution < -0.4 is 0 Å². The molecule has 2 rings (SSSR count). The van der Waals surface area contributed by atoms with Gasteiger partial charge >= 0.3 is 0 Å². The van der Waals surface area contributed by atoms with Crippen LogP contribution in [-0.2, 0) is 12.9 Å². The molecule has 1 aromatic carbocycles. The molecule has 1 aromatic heterocycles. The summed E-state index contributed by atoms with van der Waals surface area (Å²) in [6.07, 6.45) is 0. The van der Waals surface area contributed by atoms with Crippen molar-refractivity contribution < 1.29 is 0 Å². The van der Waals surface area contributed by atoms with Crippen molar-refractivity contribution in [3.05, 3.63) is 35.7 Å². The molecule has 0 aliphatic carbocycles. The van der Waals surface area contributed by atoms with Gasteiger partial charge in [-0.15, -0.1) is 21.8 Å². The highest BCUT2D eigenvalue weighted by atomic mass is 35.5. The van der Waals surface area contributed by atoms with Crippen molar-refractivity contribution in [3.63, 3.8) is 0 Å². The Morgan fingerprint density at radius 2 is 1.87 bits per heavy atom. The Bertz CT molecular complexity index is 459. The molecule has 0 fully saturated rings. The van der Waals surface area contributed by atoms with Crippen molar-refractivity contribution in [2.45, 2.75) is 12.8 Å². The summed E-state index contributed by atoms with van der Waals surface area (Å²) in [7, 11) is 1.92. The zero-order chi connectivity index (χ0) is 10.8. The van der Waals surface area contributed by atoms with Gasteiger partial charge in [-0.05, 0) is 6.92 Å². The van der Waals surface area contributed by atoms with Crippen LogP contribution in [0.25, 0.3) is 11.4 Å². The predicted molar refractivity (Wildman–Crippen MR) is 60.7 cm³/mol. The Morgan fingerprint density at radius 3 is 2.40 bits per heavy atom. The van der Waals surface area contributed by atoms with Crippen LogP contribution in [0.5, 0.6) is 0 Å². The second kappa shape index (κ2) is 4.03. The number of hydrogen-bond donors (Lipinski definition) is 0. The first-order valence-corrected chi connectivity index (χ1v) is 5.27. The molecule has 3 nitrogen and oxygen atoms in total. The number of aromatic nitrogens is 3. The van der Waals surface area contributed by atoms with Crippen molar-refractivity contribution in [2.75, 3.05) is 0 Å². The average molecular weight is 222 g/mol. The van der Waals surface area contributed by atoms with Gasteiger partial charge < -0.3 is 4.57 Å². The molecule has 1 heterocycles. The second-order valence-electron chi connectivity index (χ2n) is 3.50. The largest absolute Gasteiger partial charge is 0.313 e. The van der Waals surface area contributed by atoms with E-state index in [1.807, 2.05) is 23.7 Å². The number of nitrogens with zero attached hydrogens (tertiary/aromatic N) is 3. The van der Waals surface area contributed by atoms with Gasteiger partial charge in [-0.3, -0.25) is 0 Å². The molecular formula is C11H12ClN3. The third-order valence-electron chi connectivity index (χ3n) is 2.39. The molecule has 0 amide bonds. The lowest BCUT2D eigenvalue weighted by Gasteiger charge is -2.02. The highest BCUT2D eigenvalue weighted by Gasteiger charge is 2.08. The smallest absolute Gasteiger partial charge is 0.163 e. The van der Waals surface area contributed by atoms with Gasteiger partial charge in [0.2, 0.25) is 0 Å². The van der Waals surface area contributed by atoms with Crippen molar-refractivity contribution in [2.24, 2.45) is 7.05 Å².